The van der Waals surface area contributed by atoms with Gasteiger partial charge in [0.2, 0.25) is 11.8 Å². The number of hydrogen-bond acceptors (Lipinski definition) is 11. The van der Waals surface area contributed by atoms with E-state index in [-0.39, 0.29) is 36.9 Å². The van der Waals surface area contributed by atoms with Crippen LogP contribution in [0.4, 0.5) is 5.95 Å². The molecule has 0 bridgehead atoms. The van der Waals surface area contributed by atoms with Crippen molar-refractivity contribution in [3.8, 4) is 5.88 Å². The lowest BCUT2D eigenvalue weighted by atomic mass is 10.0. The number of nitrogen functional groups attached to an aromatic ring is 1. The van der Waals surface area contributed by atoms with Gasteiger partial charge in [0, 0.05) is 0 Å². The molecule has 15 heteroatoms. The highest BCUT2D eigenvalue weighted by Gasteiger charge is 2.60. The van der Waals surface area contributed by atoms with E-state index in [1.54, 1.807) is 25.3 Å². The largest absolute Gasteiger partial charge is 0.476 e. The van der Waals surface area contributed by atoms with E-state index in [4.69, 9.17) is 40.6 Å². The highest BCUT2D eigenvalue weighted by Crippen LogP contribution is 2.58. The van der Waals surface area contributed by atoms with Crippen LogP contribution in [0.3, 0.4) is 0 Å². The van der Waals surface area contributed by atoms with Crippen molar-refractivity contribution in [3.05, 3.63) is 42.2 Å². The Labute approximate surface area is 242 Å². The zero-order chi connectivity index (χ0) is 29.4. The first kappa shape index (κ1) is 29.7. The van der Waals surface area contributed by atoms with Gasteiger partial charge in [-0.15, -0.1) is 11.6 Å². The number of nitrogens with zero attached hydrogens (tertiary/aromatic N) is 4. The average Bonchev–Trinajstić information content (AvgIpc) is 3.45. The Bertz CT molecular complexity index is 1440. The number of alkyl halides is 1. The molecule has 13 nitrogen and oxygen atoms in total. The molecule has 0 radical (unpaired) electrons. The van der Waals surface area contributed by atoms with E-state index < -0.39 is 37.1 Å². The molecule has 2 aliphatic rings. The molecule has 0 amide bonds. The number of carbonyl (C=O) groups is 1. The van der Waals surface area contributed by atoms with Crippen molar-refractivity contribution in [2.75, 3.05) is 25.6 Å². The van der Waals surface area contributed by atoms with Crippen LogP contribution in [0.15, 0.2) is 36.7 Å². The summed E-state index contributed by atoms with van der Waals surface area (Å²) in [4.78, 5) is 23.8. The number of nitrogens with two attached hydrogens (primary N) is 1. The number of benzene rings is 1. The summed E-state index contributed by atoms with van der Waals surface area (Å²) in [5, 5.41) is 2.98. The van der Waals surface area contributed by atoms with Crippen molar-refractivity contribution < 1.29 is 32.6 Å². The molecule has 3 N–H and O–H groups in total. The standard InChI is InChI=1S/C26H34ClN6O7P/c1-5-36-22-19-21(30-25(28)31-22)33(14-29-19)24-26(4,27)20-18(39-24)13-38-41(35,40-20)32-17(12-37-23(34)15(2)3)11-16-9-7-6-8-10-16/h6-10,14-15,17-18,20,24H,5,11-13H2,1-4H3,(H,32,35)(H2,28,30,31)/t17-,18+,20+,24+,26+,41?/m0/s1. The number of rotatable bonds is 10. The molecule has 41 heavy (non-hydrogen) atoms. The van der Waals surface area contributed by atoms with Crippen LogP contribution in [0.5, 0.6) is 5.88 Å². The summed E-state index contributed by atoms with van der Waals surface area (Å²) >= 11 is 7.09. The second-order valence-electron chi connectivity index (χ2n) is 10.4. The Morgan fingerprint density at radius 3 is 2.78 bits per heavy atom. The fraction of sp³-hybridized carbons (Fsp3) is 0.538. The van der Waals surface area contributed by atoms with Crippen LogP contribution >= 0.6 is 19.3 Å². The van der Waals surface area contributed by atoms with Crippen molar-refractivity contribution in [2.45, 2.75) is 63.5 Å². The van der Waals surface area contributed by atoms with Crippen LogP contribution in [0.1, 0.15) is 39.5 Å². The van der Waals surface area contributed by atoms with Gasteiger partial charge in [-0.05, 0) is 25.8 Å². The van der Waals surface area contributed by atoms with Crippen LogP contribution < -0.4 is 15.6 Å². The van der Waals surface area contributed by atoms with Crippen LogP contribution in [-0.4, -0.2) is 68.4 Å². The van der Waals surface area contributed by atoms with Gasteiger partial charge in [-0.3, -0.25) is 18.4 Å². The number of aromatic nitrogens is 4. The molecule has 0 aliphatic carbocycles. The first-order valence-electron chi connectivity index (χ1n) is 13.4. The fourth-order valence-electron chi connectivity index (χ4n) is 4.86. The summed E-state index contributed by atoms with van der Waals surface area (Å²) in [5.41, 5.74) is 7.65. The lowest BCUT2D eigenvalue weighted by Crippen LogP contribution is -2.47. The quantitative estimate of drug-likeness (QED) is 0.196. The van der Waals surface area contributed by atoms with E-state index in [9.17, 15) is 9.36 Å². The Morgan fingerprint density at radius 1 is 1.32 bits per heavy atom. The summed E-state index contributed by atoms with van der Waals surface area (Å²) < 4.78 is 44.7. The predicted octanol–water partition coefficient (Wildman–Crippen LogP) is 3.63. The van der Waals surface area contributed by atoms with Gasteiger partial charge in [0.05, 0.1) is 31.5 Å². The molecular weight excluding hydrogens is 575 g/mol. The SMILES string of the molecule is CCOc1nc(N)nc2c1ncn2[C@@H]1O[C@@H]2COP(=O)(N[C@H](COC(=O)C(C)C)Cc3ccccc3)O[C@H]2[C@@]1(C)Cl. The Balaban J connectivity index is 1.37. The smallest absolute Gasteiger partial charge is 0.406 e. The van der Waals surface area contributed by atoms with Gasteiger partial charge in [-0.1, -0.05) is 44.2 Å². The second-order valence-corrected chi connectivity index (χ2v) is 13.0. The first-order chi connectivity index (χ1) is 19.5. The minimum Gasteiger partial charge on any atom is -0.476 e. The van der Waals surface area contributed by atoms with Gasteiger partial charge in [0.15, 0.2) is 17.4 Å². The molecule has 222 valence electrons. The lowest BCUT2D eigenvalue weighted by Gasteiger charge is -2.36. The molecule has 2 fully saturated rings. The van der Waals surface area contributed by atoms with Gasteiger partial charge in [0.25, 0.3) is 0 Å². The summed E-state index contributed by atoms with van der Waals surface area (Å²) in [5.74, 6) is -0.416. The van der Waals surface area contributed by atoms with Gasteiger partial charge >= 0.3 is 13.7 Å². The van der Waals surface area contributed by atoms with Gasteiger partial charge in [-0.25, -0.2) is 14.6 Å². The summed E-state index contributed by atoms with van der Waals surface area (Å²) in [6.07, 6.45) is -0.365. The van der Waals surface area contributed by atoms with Crippen LogP contribution in [-0.2, 0) is 34.3 Å². The normalized spacial score (nSPS) is 28.5. The molecule has 5 rings (SSSR count). The van der Waals surface area contributed by atoms with Crippen molar-refractivity contribution >= 4 is 42.4 Å². The third-order valence-electron chi connectivity index (χ3n) is 6.85. The number of anilines is 1. The number of esters is 1. The minimum absolute atomic E-state index is 0.00491. The molecule has 3 aromatic rings. The molecule has 1 aromatic carbocycles. The highest BCUT2D eigenvalue weighted by molar-refractivity contribution is 7.51. The molecular formula is C26H34ClN6O7P. The Kier molecular flexibility index (Phi) is 8.56. The maximum absolute atomic E-state index is 13.9. The van der Waals surface area contributed by atoms with Crippen LogP contribution in [0, 0.1) is 5.92 Å². The fourth-order valence-corrected chi connectivity index (χ4v) is 7.07. The number of hydrogen-bond donors (Lipinski definition) is 2. The maximum atomic E-state index is 13.9. The molecule has 4 heterocycles. The number of fused-ring (bicyclic) bond motifs is 2. The zero-order valence-corrected chi connectivity index (χ0v) is 24.9. The highest BCUT2D eigenvalue weighted by atomic mass is 35.5. The first-order valence-corrected chi connectivity index (χ1v) is 15.3. The number of nitrogens with one attached hydrogen (secondary N) is 1. The molecule has 0 saturated carbocycles. The average molecular weight is 609 g/mol. The van der Waals surface area contributed by atoms with Crippen LogP contribution in [0.25, 0.3) is 11.2 Å². The van der Waals surface area contributed by atoms with Crippen LogP contribution in [0.2, 0.25) is 0 Å². The van der Waals surface area contributed by atoms with E-state index in [2.05, 4.69) is 20.0 Å². The van der Waals surface area contributed by atoms with E-state index in [1.165, 1.54) is 6.33 Å². The van der Waals surface area contributed by atoms with E-state index >= 15 is 0 Å². The molecule has 1 unspecified atom stereocenters. The van der Waals surface area contributed by atoms with Crippen molar-refractivity contribution in [3.63, 3.8) is 0 Å². The number of halogens is 1. The molecule has 6 atom stereocenters. The predicted molar refractivity (Wildman–Crippen MR) is 150 cm³/mol. The Hall–Kier alpha value is -2.80. The molecule has 0 spiro atoms. The second kappa shape index (κ2) is 11.8. The third-order valence-corrected chi connectivity index (χ3v) is 8.92. The van der Waals surface area contributed by atoms with E-state index in [0.717, 1.165) is 5.56 Å². The molecule has 2 aromatic heterocycles. The van der Waals surface area contributed by atoms with E-state index in [0.29, 0.717) is 24.2 Å². The topological polar surface area (TPSA) is 162 Å². The maximum Gasteiger partial charge on any atom is 0.406 e. The van der Waals surface area contributed by atoms with Crippen molar-refractivity contribution in [1.29, 1.82) is 0 Å². The monoisotopic (exact) mass is 608 g/mol. The molecule has 2 aliphatic heterocycles. The Morgan fingerprint density at radius 2 is 2.07 bits per heavy atom. The minimum atomic E-state index is -3.91. The van der Waals surface area contributed by atoms with Crippen molar-refractivity contribution in [2.24, 2.45) is 5.92 Å². The summed E-state index contributed by atoms with van der Waals surface area (Å²) in [7, 11) is -3.91. The van der Waals surface area contributed by atoms with Gasteiger partial charge in [-0.2, -0.15) is 9.97 Å². The van der Waals surface area contributed by atoms with Gasteiger partial charge in [0.1, 0.15) is 23.7 Å². The number of carbonyl (C=O) groups excluding carboxylic acids is 1. The molecule has 2 saturated heterocycles. The summed E-state index contributed by atoms with van der Waals surface area (Å²) in [6.45, 7) is 7.33. The van der Waals surface area contributed by atoms with Gasteiger partial charge < -0.3 is 19.9 Å². The van der Waals surface area contributed by atoms with Crippen molar-refractivity contribution in [1.82, 2.24) is 24.6 Å². The number of ether oxygens (including phenoxy) is 3. The lowest BCUT2D eigenvalue weighted by molar-refractivity contribution is -0.148. The summed E-state index contributed by atoms with van der Waals surface area (Å²) in [6, 6.07) is 9.01. The van der Waals surface area contributed by atoms with E-state index in [1.807, 2.05) is 37.3 Å². The third kappa shape index (κ3) is 6.20. The number of imidazole rings is 1. The zero-order valence-electron chi connectivity index (χ0n) is 23.2.